The van der Waals surface area contributed by atoms with Crippen molar-refractivity contribution in [3.05, 3.63) is 39.3 Å². The molecular formula is C16H21BrN2S. The van der Waals surface area contributed by atoms with Gasteiger partial charge in [-0.3, -0.25) is 0 Å². The topological polar surface area (TPSA) is 24.9 Å². The molecule has 0 amide bonds. The lowest BCUT2D eigenvalue weighted by atomic mass is 9.91. The maximum absolute atomic E-state index is 4.90. The summed E-state index contributed by atoms with van der Waals surface area (Å²) in [7, 11) is 0. The van der Waals surface area contributed by atoms with Crippen LogP contribution in [-0.2, 0) is 12.0 Å². The lowest BCUT2D eigenvalue weighted by molar-refractivity contribution is 0.561. The lowest BCUT2D eigenvalue weighted by Gasteiger charge is -2.17. The third-order valence-corrected chi connectivity index (χ3v) is 4.61. The monoisotopic (exact) mass is 352 g/mol. The zero-order valence-corrected chi connectivity index (χ0v) is 14.9. The van der Waals surface area contributed by atoms with Gasteiger partial charge in [-0.1, -0.05) is 55.8 Å². The highest BCUT2D eigenvalue weighted by Gasteiger charge is 2.23. The lowest BCUT2D eigenvalue weighted by Crippen LogP contribution is -2.18. The highest BCUT2D eigenvalue weighted by atomic mass is 79.9. The second-order valence-electron chi connectivity index (χ2n) is 5.83. The van der Waals surface area contributed by atoms with E-state index in [2.05, 4.69) is 67.1 Å². The first kappa shape index (κ1) is 15.7. The first-order valence-corrected chi connectivity index (χ1v) is 8.49. The molecule has 0 aliphatic rings. The van der Waals surface area contributed by atoms with Crippen molar-refractivity contribution in [3.8, 4) is 10.6 Å². The van der Waals surface area contributed by atoms with Crippen LogP contribution in [0.25, 0.3) is 10.6 Å². The number of hydrogen-bond acceptors (Lipinski definition) is 3. The standard InChI is InChI=1S/C16H21BrN2S/c1-5-18-10-13-14(16(2,3)4)19-15(20-13)11-7-6-8-12(17)9-11/h6-9,18H,5,10H2,1-4H3. The number of hydrogen-bond donors (Lipinski definition) is 1. The van der Waals surface area contributed by atoms with Gasteiger partial charge in [0.2, 0.25) is 0 Å². The van der Waals surface area contributed by atoms with Gasteiger partial charge >= 0.3 is 0 Å². The molecule has 4 heteroatoms. The molecule has 0 bridgehead atoms. The third-order valence-electron chi connectivity index (χ3n) is 3.01. The van der Waals surface area contributed by atoms with Crippen molar-refractivity contribution in [2.45, 2.75) is 39.7 Å². The number of halogens is 1. The average Bonchev–Trinajstić information content (AvgIpc) is 2.80. The summed E-state index contributed by atoms with van der Waals surface area (Å²) in [5.41, 5.74) is 2.46. The number of rotatable bonds is 4. The molecule has 1 heterocycles. The van der Waals surface area contributed by atoms with Crippen molar-refractivity contribution in [2.75, 3.05) is 6.54 Å². The van der Waals surface area contributed by atoms with E-state index in [0.717, 1.165) is 22.6 Å². The molecule has 0 saturated carbocycles. The predicted octanol–water partition coefficient (Wildman–Crippen LogP) is 4.98. The molecule has 1 aromatic heterocycles. The molecule has 1 aromatic carbocycles. The summed E-state index contributed by atoms with van der Waals surface area (Å²) in [5, 5.41) is 4.52. The van der Waals surface area contributed by atoms with Gasteiger partial charge in [0, 0.05) is 26.9 Å². The van der Waals surface area contributed by atoms with E-state index in [1.54, 1.807) is 11.3 Å². The van der Waals surface area contributed by atoms with E-state index in [1.165, 1.54) is 16.1 Å². The summed E-state index contributed by atoms with van der Waals surface area (Å²) in [6.07, 6.45) is 0. The summed E-state index contributed by atoms with van der Waals surface area (Å²) in [4.78, 5) is 6.25. The van der Waals surface area contributed by atoms with Gasteiger partial charge in [0.1, 0.15) is 5.01 Å². The fourth-order valence-corrected chi connectivity index (χ4v) is 3.68. The molecule has 0 aliphatic carbocycles. The van der Waals surface area contributed by atoms with Crippen LogP contribution in [0.1, 0.15) is 38.3 Å². The van der Waals surface area contributed by atoms with Crippen LogP contribution < -0.4 is 5.32 Å². The first-order chi connectivity index (χ1) is 9.41. The Balaban J connectivity index is 2.43. The Labute approximate surface area is 133 Å². The minimum Gasteiger partial charge on any atom is -0.312 e. The van der Waals surface area contributed by atoms with Gasteiger partial charge in [0.05, 0.1) is 5.69 Å². The molecule has 1 N–H and O–H groups in total. The van der Waals surface area contributed by atoms with Crippen LogP contribution >= 0.6 is 27.3 Å². The molecule has 0 saturated heterocycles. The number of benzene rings is 1. The van der Waals surface area contributed by atoms with Gasteiger partial charge < -0.3 is 5.32 Å². The molecule has 108 valence electrons. The molecule has 0 fully saturated rings. The molecule has 20 heavy (non-hydrogen) atoms. The van der Waals surface area contributed by atoms with Crippen molar-refractivity contribution in [2.24, 2.45) is 0 Å². The largest absolute Gasteiger partial charge is 0.312 e. The van der Waals surface area contributed by atoms with Crippen LogP contribution in [0.5, 0.6) is 0 Å². The molecular weight excluding hydrogens is 332 g/mol. The molecule has 2 nitrogen and oxygen atoms in total. The van der Waals surface area contributed by atoms with Gasteiger partial charge in [-0.05, 0) is 18.7 Å². The fourth-order valence-electron chi connectivity index (χ4n) is 2.04. The van der Waals surface area contributed by atoms with Gasteiger partial charge in [0.25, 0.3) is 0 Å². The van der Waals surface area contributed by atoms with Gasteiger partial charge in [-0.25, -0.2) is 4.98 Å². The SMILES string of the molecule is CCNCc1sc(-c2cccc(Br)c2)nc1C(C)(C)C. The molecule has 0 atom stereocenters. The van der Waals surface area contributed by atoms with Crippen LogP contribution in [0.3, 0.4) is 0 Å². The summed E-state index contributed by atoms with van der Waals surface area (Å²) in [6, 6.07) is 8.35. The Morgan fingerprint density at radius 2 is 2.05 bits per heavy atom. The van der Waals surface area contributed by atoms with Crippen molar-refractivity contribution in [1.82, 2.24) is 10.3 Å². The second-order valence-corrected chi connectivity index (χ2v) is 7.83. The smallest absolute Gasteiger partial charge is 0.123 e. The summed E-state index contributed by atoms with van der Waals surface area (Å²) >= 11 is 5.32. The average molecular weight is 353 g/mol. The van der Waals surface area contributed by atoms with E-state index in [9.17, 15) is 0 Å². The summed E-state index contributed by atoms with van der Waals surface area (Å²) in [5.74, 6) is 0. The number of nitrogens with zero attached hydrogens (tertiary/aromatic N) is 1. The fraction of sp³-hybridized carbons (Fsp3) is 0.438. The Morgan fingerprint density at radius 1 is 1.30 bits per heavy atom. The molecule has 2 aromatic rings. The summed E-state index contributed by atoms with van der Waals surface area (Å²) in [6.45, 7) is 10.7. The minimum absolute atomic E-state index is 0.0749. The number of thiazole rings is 1. The zero-order chi connectivity index (χ0) is 14.8. The van der Waals surface area contributed by atoms with Crippen LogP contribution in [0.4, 0.5) is 0 Å². The summed E-state index contributed by atoms with van der Waals surface area (Å²) < 4.78 is 1.09. The van der Waals surface area contributed by atoms with Crippen molar-refractivity contribution in [3.63, 3.8) is 0 Å². The van der Waals surface area contributed by atoms with E-state index in [1.807, 2.05) is 6.07 Å². The van der Waals surface area contributed by atoms with E-state index in [4.69, 9.17) is 4.98 Å². The Bertz CT molecular complexity index is 584. The zero-order valence-electron chi connectivity index (χ0n) is 12.5. The number of aromatic nitrogens is 1. The molecule has 0 radical (unpaired) electrons. The Hall–Kier alpha value is -0.710. The maximum atomic E-state index is 4.90. The van der Waals surface area contributed by atoms with Gasteiger partial charge in [-0.2, -0.15) is 0 Å². The van der Waals surface area contributed by atoms with Crippen LogP contribution in [0.2, 0.25) is 0 Å². The molecule has 0 unspecified atom stereocenters. The van der Waals surface area contributed by atoms with E-state index in [0.29, 0.717) is 0 Å². The van der Waals surface area contributed by atoms with Crippen molar-refractivity contribution >= 4 is 27.3 Å². The highest BCUT2D eigenvalue weighted by molar-refractivity contribution is 9.10. The van der Waals surface area contributed by atoms with Gasteiger partial charge in [-0.15, -0.1) is 11.3 Å². The Morgan fingerprint density at radius 3 is 2.65 bits per heavy atom. The van der Waals surface area contributed by atoms with E-state index in [-0.39, 0.29) is 5.41 Å². The van der Waals surface area contributed by atoms with E-state index < -0.39 is 0 Å². The Kier molecular flexibility index (Phi) is 4.99. The van der Waals surface area contributed by atoms with Crippen LogP contribution in [-0.4, -0.2) is 11.5 Å². The van der Waals surface area contributed by atoms with Crippen molar-refractivity contribution < 1.29 is 0 Å². The van der Waals surface area contributed by atoms with Gasteiger partial charge in [0.15, 0.2) is 0 Å². The predicted molar refractivity (Wildman–Crippen MR) is 91.3 cm³/mol. The maximum Gasteiger partial charge on any atom is 0.123 e. The number of nitrogens with one attached hydrogen (secondary N) is 1. The highest BCUT2D eigenvalue weighted by Crippen LogP contribution is 2.35. The second kappa shape index (κ2) is 6.37. The third kappa shape index (κ3) is 3.68. The van der Waals surface area contributed by atoms with Crippen LogP contribution in [0.15, 0.2) is 28.7 Å². The molecule has 0 aliphatic heterocycles. The van der Waals surface area contributed by atoms with Crippen molar-refractivity contribution in [1.29, 1.82) is 0 Å². The first-order valence-electron chi connectivity index (χ1n) is 6.88. The minimum atomic E-state index is 0.0749. The van der Waals surface area contributed by atoms with Crippen LogP contribution in [0, 0.1) is 0 Å². The normalized spacial score (nSPS) is 11.8. The molecule has 2 rings (SSSR count). The van der Waals surface area contributed by atoms with E-state index >= 15 is 0 Å². The quantitative estimate of drug-likeness (QED) is 0.839. The molecule has 0 spiro atoms.